The van der Waals surface area contributed by atoms with E-state index in [0.717, 1.165) is 0 Å². The third-order valence-electron chi connectivity index (χ3n) is 2.45. The summed E-state index contributed by atoms with van der Waals surface area (Å²) < 4.78 is 9.95. The lowest BCUT2D eigenvalue weighted by Gasteiger charge is -2.27. The molecule has 0 aromatic heterocycles. The maximum Gasteiger partial charge on any atom is 0.414 e. The lowest BCUT2D eigenvalue weighted by atomic mass is 10.2. The molecule has 0 bridgehead atoms. The van der Waals surface area contributed by atoms with Gasteiger partial charge in [0.2, 0.25) is 0 Å². The topological polar surface area (TPSA) is 55.8 Å². The zero-order chi connectivity index (χ0) is 15.2. The summed E-state index contributed by atoms with van der Waals surface area (Å²) in [7, 11) is 1.32. The molecule has 0 spiro atoms. The molecule has 0 atom stereocenters. The van der Waals surface area contributed by atoms with E-state index in [-0.39, 0.29) is 18.9 Å². The highest BCUT2D eigenvalue weighted by atomic mass is 16.6. The quantitative estimate of drug-likeness (QED) is 0.795. The summed E-state index contributed by atoms with van der Waals surface area (Å²) >= 11 is 0. The van der Waals surface area contributed by atoms with Crippen molar-refractivity contribution in [3.63, 3.8) is 0 Å². The van der Waals surface area contributed by atoms with Gasteiger partial charge in [0.1, 0.15) is 5.60 Å². The van der Waals surface area contributed by atoms with E-state index in [9.17, 15) is 9.59 Å². The molecule has 1 aromatic rings. The van der Waals surface area contributed by atoms with Crippen LogP contribution in [0.1, 0.15) is 27.2 Å². The van der Waals surface area contributed by atoms with Gasteiger partial charge >= 0.3 is 12.1 Å². The van der Waals surface area contributed by atoms with Crippen LogP contribution in [-0.4, -0.2) is 31.3 Å². The van der Waals surface area contributed by atoms with E-state index in [0.29, 0.717) is 5.69 Å². The number of hydrogen-bond acceptors (Lipinski definition) is 4. The van der Waals surface area contributed by atoms with Crippen molar-refractivity contribution in [2.75, 3.05) is 18.6 Å². The molecule has 0 saturated carbocycles. The number of carbonyl (C=O) groups excluding carboxylic acids is 2. The molecular weight excluding hydrogens is 258 g/mol. The van der Waals surface area contributed by atoms with Gasteiger partial charge in [-0.25, -0.2) is 4.79 Å². The van der Waals surface area contributed by atoms with Crippen LogP contribution in [0.15, 0.2) is 30.3 Å². The molecule has 20 heavy (non-hydrogen) atoms. The minimum atomic E-state index is -0.588. The normalized spacial score (nSPS) is 10.8. The molecule has 0 saturated heterocycles. The van der Waals surface area contributed by atoms with Gasteiger partial charge in [0, 0.05) is 12.2 Å². The molecule has 0 aliphatic heterocycles. The second kappa shape index (κ2) is 6.93. The molecule has 0 aliphatic carbocycles. The zero-order valence-electron chi connectivity index (χ0n) is 12.4. The first-order valence-corrected chi connectivity index (χ1v) is 6.46. The van der Waals surface area contributed by atoms with E-state index >= 15 is 0 Å². The van der Waals surface area contributed by atoms with Crippen molar-refractivity contribution < 1.29 is 19.1 Å². The number of amides is 1. The van der Waals surface area contributed by atoms with E-state index in [1.165, 1.54) is 12.0 Å². The average Bonchev–Trinajstić information content (AvgIpc) is 2.37. The number of anilines is 1. The van der Waals surface area contributed by atoms with Crippen LogP contribution in [0.5, 0.6) is 0 Å². The van der Waals surface area contributed by atoms with E-state index < -0.39 is 11.7 Å². The van der Waals surface area contributed by atoms with Gasteiger partial charge in [-0.15, -0.1) is 0 Å². The van der Waals surface area contributed by atoms with Gasteiger partial charge < -0.3 is 9.47 Å². The minimum absolute atomic E-state index is 0.116. The fourth-order valence-corrected chi connectivity index (χ4v) is 1.56. The second-order valence-electron chi connectivity index (χ2n) is 5.29. The molecule has 1 aromatic carbocycles. The number of nitrogens with zero attached hydrogens (tertiary/aromatic N) is 1. The van der Waals surface area contributed by atoms with E-state index in [2.05, 4.69) is 4.74 Å². The third-order valence-corrected chi connectivity index (χ3v) is 2.45. The van der Waals surface area contributed by atoms with Crippen LogP contribution >= 0.6 is 0 Å². The van der Waals surface area contributed by atoms with Crippen molar-refractivity contribution in [3.8, 4) is 0 Å². The number of ether oxygens (including phenoxy) is 2. The van der Waals surface area contributed by atoms with E-state index in [4.69, 9.17) is 4.74 Å². The molecule has 0 radical (unpaired) electrons. The molecule has 5 heteroatoms. The van der Waals surface area contributed by atoms with Crippen LogP contribution in [0, 0.1) is 0 Å². The van der Waals surface area contributed by atoms with Crippen LogP contribution in [0.4, 0.5) is 10.5 Å². The Bertz CT molecular complexity index is 451. The highest BCUT2D eigenvalue weighted by Crippen LogP contribution is 2.18. The summed E-state index contributed by atoms with van der Waals surface area (Å²) in [5, 5.41) is 0. The highest BCUT2D eigenvalue weighted by molar-refractivity contribution is 5.88. The van der Waals surface area contributed by atoms with Crippen LogP contribution in [0.2, 0.25) is 0 Å². The van der Waals surface area contributed by atoms with Crippen LogP contribution in [0.25, 0.3) is 0 Å². The van der Waals surface area contributed by atoms with Crippen molar-refractivity contribution in [1.82, 2.24) is 0 Å². The summed E-state index contributed by atoms with van der Waals surface area (Å²) in [6.07, 6.45) is -0.363. The molecule has 5 nitrogen and oxygen atoms in total. The Labute approximate surface area is 119 Å². The fourth-order valence-electron chi connectivity index (χ4n) is 1.56. The van der Waals surface area contributed by atoms with E-state index in [1.807, 2.05) is 18.2 Å². The molecule has 1 rings (SSSR count). The monoisotopic (exact) mass is 279 g/mol. The SMILES string of the molecule is COC(=O)CCN(C(=O)OC(C)(C)C)c1ccccc1. The highest BCUT2D eigenvalue weighted by Gasteiger charge is 2.23. The average molecular weight is 279 g/mol. The summed E-state index contributed by atoms with van der Waals surface area (Å²) in [5.74, 6) is -0.366. The number of benzene rings is 1. The maximum atomic E-state index is 12.2. The van der Waals surface area contributed by atoms with Crippen molar-refractivity contribution in [3.05, 3.63) is 30.3 Å². The molecule has 0 fully saturated rings. The van der Waals surface area contributed by atoms with Crippen LogP contribution in [-0.2, 0) is 14.3 Å². The van der Waals surface area contributed by atoms with Crippen molar-refractivity contribution in [2.24, 2.45) is 0 Å². The Morgan fingerprint density at radius 3 is 2.25 bits per heavy atom. The lowest BCUT2D eigenvalue weighted by Crippen LogP contribution is -2.38. The molecule has 110 valence electrons. The van der Waals surface area contributed by atoms with Gasteiger partial charge in [0.25, 0.3) is 0 Å². The summed E-state index contributed by atoms with van der Waals surface area (Å²) in [6, 6.07) is 9.09. The van der Waals surface area contributed by atoms with Crippen LogP contribution < -0.4 is 4.90 Å². The first kappa shape index (κ1) is 16.0. The first-order valence-electron chi connectivity index (χ1n) is 6.46. The second-order valence-corrected chi connectivity index (χ2v) is 5.29. The smallest absolute Gasteiger partial charge is 0.414 e. The number of esters is 1. The summed E-state index contributed by atoms with van der Waals surface area (Å²) in [4.78, 5) is 24.9. The number of para-hydroxylation sites is 1. The van der Waals surface area contributed by atoms with Gasteiger partial charge in [-0.1, -0.05) is 18.2 Å². The van der Waals surface area contributed by atoms with Gasteiger partial charge in [0.15, 0.2) is 0 Å². The summed E-state index contributed by atoms with van der Waals surface area (Å²) in [5.41, 5.74) is 0.0979. The molecule has 0 heterocycles. The van der Waals surface area contributed by atoms with Gasteiger partial charge in [-0.05, 0) is 32.9 Å². The number of methoxy groups -OCH3 is 1. The molecule has 0 aliphatic rings. The Balaban J connectivity index is 2.84. The molecule has 1 amide bonds. The first-order chi connectivity index (χ1) is 9.33. The Morgan fingerprint density at radius 1 is 1.15 bits per heavy atom. The van der Waals surface area contributed by atoms with Gasteiger partial charge in [-0.2, -0.15) is 0 Å². The largest absolute Gasteiger partial charge is 0.469 e. The predicted octanol–water partition coefficient (Wildman–Crippen LogP) is 2.99. The lowest BCUT2D eigenvalue weighted by molar-refractivity contribution is -0.140. The van der Waals surface area contributed by atoms with Gasteiger partial charge in [-0.3, -0.25) is 9.69 Å². The van der Waals surface area contributed by atoms with E-state index in [1.54, 1.807) is 32.9 Å². The third kappa shape index (κ3) is 5.30. The van der Waals surface area contributed by atoms with Crippen LogP contribution in [0.3, 0.4) is 0 Å². The number of rotatable bonds is 4. The minimum Gasteiger partial charge on any atom is -0.469 e. The summed E-state index contributed by atoms with van der Waals surface area (Å²) in [6.45, 7) is 5.61. The Kier molecular flexibility index (Phi) is 5.55. The fraction of sp³-hybridized carbons (Fsp3) is 0.467. The zero-order valence-corrected chi connectivity index (χ0v) is 12.4. The number of hydrogen-bond donors (Lipinski definition) is 0. The van der Waals surface area contributed by atoms with Gasteiger partial charge in [0.05, 0.1) is 13.5 Å². The molecule has 0 N–H and O–H groups in total. The number of carbonyl (C=O) groups is 2. The van der Waals surface area contributed by atoms with Crippen molar-refractivity contribution in [2.45, 2.75) is 32.8 Å². The van der Waals surface area contributed by atoms with Crippen molar-refractivity contribution in [1.29, 1.82) is 0 Å². The molecular formula is C15H21NO4. The standard InChI is InChI=1S/C15H21NO4/c1-15(2,3)20-14(18)16(11-10-13(17)19-4)12-8-6-5-7-9-12/h5-9H,10-11H2,1-4H3. The van der Waals surface area contributed by atoms with Crippen molar-refractivity contribution >= 4 is 17.7 Å². The molecule has 0 unspecified atom stereocenters. The predicted molar refractivity (Wildman–Crippen MR) is 76.7 cm³/mol. The Hall–Kier alpha value is -2.04. The Morgan fingerprint density at radius 2 is 1.75 bits per heavy atom. The maximum absolute atomic E-state index is 12.2.